The summed E-state index contributed by atoms with van der Waals surface area (Å²) in [5.74, 6) is 0.0873. The van der Waals surface area contributed by atoms with Crippen LogP contribution in [0.3, 0.4) is 0 Å². The monoisotopic (exact) mass is 300 g/mol. The number of carbonyl (C=O) groups excluding carboxylic acids is 1. The number of aromatic nitrogens is 4. The fourth-order valence-corrected chi connectivity index (χ4v) is 2.68. The Kier molecular flexibility index (Phi) is 4.43. The van der Waals surface area contributed by atoms with Crippen LogP contribution in [0.5, 0.6) is 0 Å². The third-order valence-electron chi connectivity index (χ3n) is 4.06. The van der Waals surface area contributed by atoms with Crippen molar-refractivity contribution in [2.75, 3.05) is 33.2 Å². The Hall–Kier alpha value is -2.28. The number of hydrogen-bond acceptors (Lipinski definition) is 5. The molecule has 0 unspecified atom stereocenters. The van der Waals surface area contributed by atoms with E-state index >= 15 is 0 Å². The highest BCUT2D eigenvalue weighted by Gasteiger charge is 2.29. The molecule has 22 heavy (non-hydrogen) atoms. The van der Waals surface area contributed by atoms with Crippen LogP contribution in [0, 0.1) is 0 Å². The van der Waals surface area contributed by atoms with E-state index in [1.165, 1.54) is 6.33 Å². The predicted molar refractivity (Wildman–Crippen MR) is 81.1 cm³/mol. The molecule has 0 spiro atoms. The van der Waals surface area contributed by atoms with Gasteiger partial charge in [0.2, 0.25) is 5.91 Å². The van der Waals surface area contributed by atoms with Gasteiger partial charge in [0.1, 0.15) is 12.4 Å². The summed E-state index contributed by atoms with van der Waals surface area (Å²) in [6.45, 7) is 3.31. The Morgan fingerprint density at radius 3 is 2.55 bits per heavy atom. The van der Waals surface area contributed by atoms with E-state index in [4.69, 9.17) is 0 Å². The fraction of sp³-hybridized carbons (Fsp3) is 0.467. The van der Waals surface area contributed by atoms with Crippen molar-refractivity contribution in [2.45, 2.75) is 12.5 Å². The Balaban J connectivity index is 1.78. The molecular weight excluding hydrogens is 280 g/mol. The number of nitrogens with zero attached hydrogens (tertiary/aromatic N) is 6. The van der Waals surface area contributed by atoms with Gasteiger partial charge in [-0.2, -0.15) is 0 Å². The van der Waals surface area contributed by atoms with Gasteiger partial charge in [0.15, 0.2) is 0 Å². The van der Waals surface area contributed by atoms with E-state index in [9.17, 15) is 4.79 Å². The van der Waals surface area contributed by atoms with Gasteiger partial charge in [0.05, 0.1) is 0 Å². The maximum Gasteiger partial charge on any atom is 0.248 e. The third kappa shape index (κ3) is 3.30. The van der Waals surface area contributed by atoms with Crippen LogP contribution in [0.15, 0.2) is 36.7 Å². The Labute approximate surface area is 129 Å². The second-order valence-corrected chi connectivity index (χ2v) is 5.62. The average molecular weight is 300 g/mol. The standard InChI is InChI=1S/C15H20N6O/c1-19-7-9-20(10-8-19)15(22)14(21-12-16-17-18-21)11-13-5-3-2-4-6-13/h2-6,12,14H,7-11H2,1H3/t14-/m1/s1. The van der Waals surface area contributed by atoms with E-state index in [2.05, 4.69) is 27.5 Å². The minimum Gasteiger partial charge on any atom is -0.338 e. The number of carbonyl (C=O) groups is 1. The number of amides is 1. The first-order valence-corrected chi connectivity index (χ1v) is 7.48. The summed E-state index contributed by atoms with van der Waals surface area (Å²) < 4.78 is 1.56. The molecule has 1 atom stereocenters. The fourth-order valence-electron chi connectivity index (χ4n) is 2.68. The second-order valence-electron chi connectivity index (χ2n) is 5.62. The van der Waals surface area contributed by atoms with Crippen molar-refractivity contribution in [2.24, 2.45) is 0 Å². The quantitative estimate of drug-likeness (QED) is 0.808. The van der Waals surface area contributed by atoms with Crippen LogP contribution < -0.4 is 0 Å². The molecule has 0 N–H and O–H groups in total. The summed E-state index contributed by atoms with van der Waals surface area (Å²) >= 11 is 0. The highest BCUT2D eigenvalue weighted by molar-refractivity contribution is 5.80. The van der Waals surface area contributed by atoms with Crippen LogP contribution in [-0.4, -0.2) is 69.1 Å². The Morgan fingerprint density at radius 1 is 1.18 bits per heavy atom. The van der Waals surface area contributed by atoms with Gasteiger partial charge in [-0.25, -0.2) is 4.68 Å². The summed E-state index contributed by atoms with van der Waals surface area (Å²) in [6.07, 6.45) is 2.11. The summed E-state index contributed by atoms with van der Waals surface area (Å²) in [4.78, 5) is 17.0. The maximum absolute atomic E-state index is 12.9. The van der Waals surface area contributed by atoms with E-state index in [-0.39, 0.29) is 11.9 Å². The molecule has 2 heterocycles. The van der Waals surface area contributed by atoms with E-state index in [0.29, 0.717) is 6.42 Å². The highest BCUT2D eigenvalue weighted by Crippen LogP contribution is 2.17. The number of tetrazole rings is 1. The van der Waals surface area contributed by atoms with Crippen molar-refractivity contribution >= 4 is 5.91 Å². The number of benzene rings is 1. The molecule has 0 bridgehead atoms. The highest BCUT2D eigenvalue weighted by atomic mass is 16.2. The molecule has 1 amide bonds. The smallest absolute Gasteiger partial charge is 0.248 e. The lowest BCUT2D eigenvalue weighted by Gasteiger charge is -2.34. The second kappa shape index (κ2) is 6.65. The molecule has 1 fully saturated rings. The zero-order valence-corrected chi connectivity index (χ0v) is 12.7. The molecule has 0 radical (unpaired) electrons. The molecular formula is C15H20N6O. The van der Waals surface area contributed by atoms with E-state index in [1.807, 2.05) is 35.2 Å². The molecule has 1 aromatic carbocycles. The number of hydrogen-bond donors (Lipinski definition) is 0. The predicted octanol–water partition coefficient (Wildman–Crippen LogP) is 0.231. The third-order valence-corrected chi connectivity index (χ3v) is 4.06. The van der Waals surface area contributed by atoms with Crippen molar-refractivity contribution in [3.05, 3.63) is 42.2 Å². The van der Waals surface area contributed by atoms with E-state index in [1.54, 1.807) is 4.68 Å². The lowest BCUT2D eigenvalue weighted by Crippen LogP contribution is -2.49. The molecule has 1 aliphatic heterocycles. The van der Waals surface area contributed by atoms with Gasteiger partial charge in [0.25, 0.3) is 0 Å². The van der Waals surface area contributed by atoms with Crippen LogP contribution in [0.2, 0.25) is 0 Å². The van der Waals surface area contributed by atoms with Crippen molar-refractivity contribution < 1.29 is 4.79 Å². The van der Waals surface area contributed by atoms with Crippen molar-refractivity contribution in [3.8, 4) is 0 Å². The van der Waals surface area contributed by atoms with E-state index in [0.717, 1.165) is 31.7 Å². The molecule has 7 nitrogen and oxygen atoms in total. The molecule has 1 saturated heterocycles. The van der Waals surface area contributed by atoms with Crippen LogP contribution in [-0.2, 0) is 11.2 Å². The van der Waals surface area contributed by atoms with Gasteiger partial charge in [0, 0.05) is 32.6 Å². The van der Waals surface area contributed by atoms with Crippen molar-refractivity contribution in [1.82, 2.24) is 30.0 Å². The minimum atomic E-state index is -0.388. The molecule has 2 aromatic rings. The normalized spacial score (nSPS) is 17.4. The van der Waals surface area contributed by atoms with Gasteiger partial charge < -0.3 is 9.80 Å². The topological polar surface area (TPSA) is 67.2 Å². The van der Waals surface area contributed by atoms with Crippen molar-refractivity contribution in [1.29, 1.82) is 0 Å². The van der Waals surface area contributed by atoms with Crippen LogP contribution in [0.1, 0.15) is 11.6 Å². The van der Waals surface area contributed by atoms with Crippen LogP contribution in [0.4, 0.5) is 0 Å². The van der Waals surface area contributed by atoms with Gasteiger partial charge in [-0.3, -0.25) is 4.79 Å². The van der Waals surface area contributed by atoms with Gasteiger partial charge in [-0.1, -0.05) is 30.3 Å². The lowest BCUT2D eigenvalue weighted by molar-refractivity contribution is -0.136. The van der Waals surface area contributed by atoms with Crippen molar-refractivity contribution in [3.63, 3.8) is 0 Å². The molecule has 3 rings (SSSR count). The van der Waals surface area contributed by atoms with Crippen LogP contribution >= 0.6 is 0 Å². The summed E-state index contributed by atoms with van der Waals surface area (Å²) in [5.41, 5.74) is 1.10. The number of likely N-dealkylation sites (N-methyl/N-ethyl adjacent to an activating group) is 1. The van der Waals surface area contributed by atoms with Gasteiger partial charge >= 0.3 is 0 Å². The first-order chi connectivity index (χ1) is 10.7. The largest absolute Gasteiger partial charge is 0.338 e. The first-order valence-electron chi connectivity index (χ1n) is 7.48. The maximum atomic E-state index is 12.9. The molecule has 7 heteroatoms. The molecule has 1 aromatic heterocycles. The molecule has 0 saturated carbocycles. The first kappa shape index (κ1) is 14.6. The van der Waals surface area contributed by atoms with Gasteiger partial charge in [-0.15, -0.1) is 5.10 Å². The zero-order chi connectivity index (χ0) is 15.4. The summed E-state index contributed by atoms with van der Waals surface area (Å²) in [7, 11) is 2.07. The minimum absolute atomic E-state index is 0.0873. The molecule has 116 valence electrons. The summed E-state index contributed by atoms with van der Waals surface area (Å²) in [6, 6.07) is 9.58. The number of piperazine rings is 1. The summed E-state index contributed by atoms with van der Waals surface area (Å²) in [5, 5.41) is 11.3. The lowest BCUT2D eigenvalue weighted by atomic mass is 10.0. The average Bonchev–Trinajstić information content (AvgIpc) is 3.08. The number of rotatable bonds is 4. The molecule has 1 aliphatic rings. The zero-order valence-electron chi connectivity index (χ0n) is 12.7. The van der Waals surface area contributed by atoms with Gasteiger partial charge in [-0.05, 0) is 23.0 Å². The van der Waals surface area contributed by atoms with E-state index < -0.39 is 0 Å². The van der Waals surface area contributed by atoms with Crippen LogP contribution in [0.25, 0.3) is 0 Å². The SMILES string of the molecule is CN1CCN(C(=O)[C@@H](Cc2ccccc2)n2cnnn2)CC1. The Bertz CT molecular complexity index is 592. The Morgan fingerprint density at radius 2 is 1.91 bits per heavy atom. The molecule has 0 aliphatic carbocycles.